The lowest BCUT2D eigenvalue weighted by Gasteiger charge is -2.02. The van der Waals surface area contributed by atoms with Crippen LogP contribution in [-0.2, 0) is 0 Å². The molecule has 90 valence electrons. The molecular weight excluding hydrogens is 264 g/mol. The van der Waals surface area contributed by atoms with E-state index in [0.29, 0.717) is 11.0 Å². The zero-order valence-corrected chi connectivity index (χ0v) is 11.6. The van der Waals surface area contributed by atoms with Gasteiger partial charge in [0.15, 0.2) is 5.82 Å². The van der Waals surface area contributed by atoms with Gasteiger partial charge in [-0.3, -0.25) is 0 Å². The maximum atomic E-state index is 6.21. The van der Waals surface area contributed by atoms with Crippen LogP contribution < -0.4 is 0 Å². The maximum Gasteiger partial charge on any atom is 0.171 e. The second kappa shape index (κ2) is 4.34. The third-order valence-electron chi connectivity index (χ3n) is 2.94. The van der Waals surface area contributed by atoms with Gasteiger partial charge in [-0.15, -0.1) is 11.3 Å². The normalized spacial score (nSPS) is 11.1. The van der Waals surface area contributed by atoms with Gasteiger partial charge >= 0.3 is 0 Å². The number of para-hydroxylation sites is 1. The lowest BCUT2D eigenvalue weighted by atomic mass is 10.2. The van der Waals surface area contributed by atoms with Crippen LogP contribution in [0.25, 0.3) is 21.6 Å². The highest BCUT2D eigenvalue weighted by atomic mass is 35.5. The van der Waals surface area contributed by atoms with E-state index in [1.54, 1.807) is 11.3 Å². The Labute approximate surface area is 114 Å². The van der Waals surface area contributed by atoms with E-state index in [9.17, 15) is 0 Å². The number of nitrogens with zero attached hydrogens (tertiary/aromatic N) is 2. The highest BCUT2D eigenvalue weighted by molar-refractivity contribution is 7.15. The predicted octanol–water partition coefficient (Wildman–Crippen LogP) is 4.63. The van der Waals surface area contributed by atoms with Crippen molar-refractivity contribution in [3.63, 3.8) is 0 Å². The van der Waals surface area contributed by atoms with Crippen molar-refractivity contribution < 1.29 is 0 Å². The largest absolute Gasteiger partial charge is 0.227 e. The van der Waals surface area contributed by atoms with Crippen molar-refractivity contribution in [1.82, 2.24) is 9.97 Å². The lowest BCUT2D eigenvalue weighted by Crippen LogP contribution is -1.89. The van der Waals surface area contributed by atoms with E-state index in [2.05, 4.69) is 29.9 Å². The van der Waals surface area contributed by atoms with Crippen molar-refractivity contribution in [2.24, 2.45) is 0 Å². The fraction of sp³-hybridized carbons (Fsp3) is 0.143. The summed E-state index contributed by atoms with van der Waals surface area (Å²) in [5, 5.41) is 1.41. The summed E-state index contributed by atoms with van der Waals surface area (Å²) in [6.45, 7) is 4.20. The number of fused-ring (bicyclic) bond motifs is 1. The quantitative estimate of drug-likeness (QED) is 0.605. The summed E-state index contributed by atoms with van der Waals surface area (Å²) in [5.41, 5.74) is 2.15. The van der Waals surface area contributed by atoms with Crippen LogP contribution in [0.1, 0.15) is 10.4 Å². The average molecular weight is 275 g/mol. The number of hydrogen-bond donors (Lipinski definition) is 0. The zero-order chi connectivity index (χ0) is 12.7. The average Bonchev–Trinajstić information content (AvgIpc) is 2.70. The van der Waals surface area contributed by atoms with E-state index in [-0.39, 0.29) is 0 Å². The van der Waals surface area contributed by atoms with Gasteiger partial charge in [0.1, 0.15) is 5.15 Å². The molecule has 1 aromatic carbocycles. The molecule has 18 heavy (non-hydrogen) atoms. The molecule has 3 rings (SSSR count). The molecule has 0 aliphatic carbocycles. The Bertz CT molecular complexity index is 714. The van der Waals surface area contributed by atoms with Crippen molar-refractivity contribution >= 4 is 33.8 Å². The van der Waals surface area contributed by atoms with Crippen LogP contribution in [0.4, 0.5) is 0 Å². The van der Waals surface area contributed by atoms with Crippen LogP contribution in [0.3, 0.4) is 0 Å². The number of hydrogen-bond acceptors (Lipinski definition) is 3. The Morgan fingerprint density at radius 2 is 1.89 bits per heavy atom. The van der Waals surface area contributed by atoms with Gasteiger partial charge in [-0.2, -0.15) is 0 Å². The molecule has 0 saturated heterocycles. The molecule has 0 atom stereocenters. The van der Waals surface area contributed by atoms with E-state index >= 15 is 0 Å². The highest BCUT2D eigenvalue weighted by Crippen LogP contribution is 2.31. The van der Waals surface area contributed by atoms with Crippen molar-refractivity contribution in [2.75, 3.05) is 0 Å². The SMILES string of the molecule is Cc1cc(-c2nc(Cl)c3ccccc3n2)sc1C. The van der Waals surface area contributed by atoms with Gasteiger partial charge in [-0.05, 0) is 37.6 Å². The first-order valence-corrected chi connectivity index (χ1v) is 6.84. The number of halogens is 1. The van der Waals surface area contributed by atoms with Gasteiger partial charge in [0, 0.05) is 10.3 Å². The van der Waals surface area contributed by atoms with Crippen LogP contribution in [0, 0.1) is 13.8 Å². The number of aryl methyl sites for hydroxylation is 2. The minimum absolute atomic E-state index is 0.513. The van der Waals surface area contributed by atoms with Crippen molar-refractivity contribution in [3.8, 4) is 10.7 Å². The fourth-order valence-corrected chi connectivity index (χ4v) is 3.04. The molecule has 0 fully saturated rings. The summed E-state index contributed by atoms with van der Waals surface area (Å²) in [6, 6.07) is 9.91. The Morgan fingerprint density at radius 1 is 1.11 bits per heavy atom. The second-order valence-corrected chi connectivity index (χ2v) is 5.82. The molecule has 3 aromatic rings. The Morgan fingerprint density at radius 3 is 2.61 bits per heavy atom. The molecule has 0 saturated carbocycles. The highest BCUT2D eigenvalue weighted by Gasteiger charge is 2.10. The number of thiophene rings is 1. The first-order chi connectivity index (χ1) is 8.65. The molecule has 0 spiro atoms. The molecule has 0 unspecified atom stereocenters. The Kier molecular flexibility index (Phi) is 2.80. The molecule has 0 N–H and O–H groups in total. The molecule has 0 aliphatic heterocycles. The van der Waals surface area contributed by atoms with E-state index in [1.165, 1.54) is 10.4 Å². The maximum absolute atomic E-state index is 6.21. The van der Waals surface area contributed by atoms with Gasteiger partial charge in [-0.25, -0.2) is 9.97 Å². The summed E-state index contributed by atoms with van der Waals surface area (Å²) in [5.74, 6) is 0.708. The lowest BCUT2D eigenvalue weighted by molar-refractivity contribution is 1.24. The zero-order valence-electron chi connectivity index (χ0n) is 10.1. The minimum Gasteiger partial charge on any atom is -0.227 e. The van der Waals surface area contributed by atoms with Gasteiger partial charge in [0.05, 0.1) is 10.4 Å². The Balaban J connectivity index is 2.24. The fourth-order valence-electron chi connectivity index (χ4n) is 1.83. The topological polar surface area (TPSA) is 25.8 Å². The van der Waals surface area contributed by atoms with Crippen LogP contribution in [0.5, 0.6) is 0 Å². The van der Waals surface area contributed by atoms with Gasteiger partial charge in [-0.1, -0.05) is 23.7 Å². The summed E-state index contributed by atoms with van der Waals surface area (Å²) in [7, 11) is 0. The predicted molar refractivity (Wildman–Crippen MR) is 77.3 cm³/mol. The number of aromatic nitrogens is 2. The van der Waals surface area contributed by atoms with E-state index in [4.69, 9.17) is 11.6 Å². The summed E-state index contributed by atoms with van der Waals surface area (Å²) < 4.78 is 0. The molecule has 2 aromatic heterocycles. The molecule has 0 aliphatic rings. The third-order valence-corrected chi connectivity index (χ3v) is 4.38. The molecule has 2 heterocycles. The summed E-state index contributed by atoms with van der Waals surface area (Å²) in [6.07, 6.45) is 0. The number of benzene rings is 1. The van der Waals surface area contributed by atoms with E-state index in [1.807, 2.05) is 24.3 Å². The van der Waals surface area contributed by atoms with Crippen LogP contribution in [0.2, 0.25) is 5.15 Å². The van der Waals surface area contributed by atoms with Crippen molar-refractivity contribution in [3.05, 3.63) is 45.9 Å². The molecule has 4 heteroatoms. The molecular formula is C14H11ClN2S. The molecule has 0 bridgehead atoms. The smallest absolute Gasteiger partial charge is 0.171 e. The van der Waals surface area contributed by atoms with Crippen molar-refractivity contribution in [2.45, 2.75) is 13.8 Å². The van der Waals surface area contributed by atoms with Crippen molar-refractivity contribution in [1.29, 1.82) is 0 Å². The molecule has 0 amide bonds. The van der Waals surface area contributed by atoms with Crippen LogP contribution >= 0.6 is 22.9 Å². The van der Waals surface area contributed by atoms with E-state index in [0.717, 1.165) is 15.8 Å². The number of rotatable bonds is 1. The van der Waals surface area contributed by atoms with Crippen LogP contribution in [-0.4, -0.2) is 9.97 Å². The first kappa shape index (κ1) is 11.6. The minimum atomic E-state index is 0.513. The summed E-state index contributed by atoms with van der Waals surface area (Å²) in [4.78, 5) is 11.3. The first-order valence-electron chi connectivity index (χ1n) is 5.65. The van der Waals surface area contributed by atoms with Gasteiger partial charge in [0.25, 0.3) is 0 Å². The second-order valence-electron chi connectivity index (χ2n) is 4.21. The monoisotopic (exact) mass is 274 g/mol. The summed E-state index contributed by atoms with van der Waals surface area (Å²) >= 11 is 7.91. The third kappa shape index (κ3) is 1.89. The molecule has 0 radical (unpaired) electrons. The standard InChI is InChI=1S/C14H11ClN2S/c1-8-7-12(18-9(8)2)14-16-11-6-4-3-5-10(11)13(15)17-14/h3-7H,1-2H3. The van der Waals surface area contributed by atoms with Gasteiger partial charge in [0.2, 0.25) is 0 Å². The van der Waals surface area contributed by atoms with E-state index < -0.39 is 0 Å². The Hall–Kier alpha value is -1.45. The van der Waals surface area contributed by atoms with Crippen LogP contribution in [0.15, 0.2) is 30.3 Å². The van der Waals surface area contributed by atoms with Gasteiger partial charge < -0.3 is 0 Å². The molecule has 2 nitrogen and oxygen atoms in total.